The maximum absolute atomic E-state index is 12.0. The van der Waals surface area contributed by atoms with Crippen molar-refractivity contribution in [1.82, 2.24) is 45.0 Å². The summed E-state index contributed by atoms with van der Waals surface area (Å²) in [7, 11) is 3.36. The van der Waals surface area contributed by atoms with Gasteiger partial charge in [-0.2, -0.15) is 5.10 Å². The van der Waals surface area contributed by atoms with Gasteiger partial charge >= 0.3 is 6.03 Å². The molecule has 3 N–H and O–H groups in total. The van der Waals surface area contributed by atoms with E-state index in [1.165, 1.54) is 4.90 Å². The van der Waals surface area contributed by atoms with Crippen molar-refractivity contribution in [2.24, 2.45) is 0 Å². The zero-order valence-corrected chi connectivity index (χ0v) is 19.4. The molecular weight excluding hydrogens is 456 g/mol. The number of hydrogen-bond donors (Lipinski definition) is 3. The number of hydrogen-bond acceptors (Lipinski definition) is 7. The van der Waals surface area contributed by atoms with Gasteiger partial charge in [0.25, 0.3) is 0 Å². The van der Waals surface area contributed by atoms with Crippen molar-refractivity contribution in [3.8, 4) is 33.8 Å². The summed E-state index contributed by atoms with van der Waals surface area (Å²) >= 11 is 0. The van der Waals surface area contributed by atoms with Gasteiger partial charge in [0, 0.05) is 67.3 Å². The zero-order chi connectivity index (χ0) is 24.6. The molecule has 0 saturated heterocycles. The van der Waals surface area contributed by atoms with Crippen LogP contribution in [0.1, 0.15) is 0 Å². The second-order valence-electron chi connectivity index (χ2n) is 8.36. The monoisotopic (exact) mass is 476 g/mol. The minimum atomic E-state index is -0.233. The Morgan fingerprint density at radius 1 is 0.917 bits per heavy atom. The number of aromatic nitrogens is 8. The standard InChI is InChI=1S/C25H20N10O/c1-35(2)25(36)30-17-8-15(11-27-13-17)16-9-19-21(33-34-22(19)29-12-16)24-31-20-18(5-7-28-23(20)32-24)14-4-3-6-26-10-14/h3-13H,1-2H3,(H,30,36)(H,28,31,32)(H,29,33,34). The Hall–Kier alpha value is -5.19. The van der Waals surface area contributed by atoms with Gasteiger partial charge in [0.05, 0.1) is 17.3 Å². The van der Waals surface area contributed by atoms with Gasteiger partial charge in [-0.1, -0.05) is 6.07 Å². The van der Waals surface area contributed by atoms with Crippen molar-refractivity contribution < 1.29 is 4.79 Å². The molecule has 0 unspecified atom stereocenters. The highest BCUT2D eigenvalue weighted by molar-refractivity contribution is 5.96. The molecule has 0 radical (unpaired) electrons. The van der Waals surface area contributed by atoms with Gasteiger partial charge in [-0.15, -0.1) is 0 Å². The Kier molecular flexibility index (Phi) is 5.07. The molecule has 11 heteroatoms. The number of anilines is 1. The molecule has 6 rings (SSSR count). The van der Waals surface area contributed by atoms with E-state index in [4.69, 9.17) is 4.98 Å². The fourth-order valence-corrected chi connectivity index (χ4v) is 3.92. The summed E-state index contributed by atoms with van der Waals surface area (Å²) in [5, 5.41) is 11.1. The Morgan fingerprint density at radius 2 is 1.78 bits per heavy atom. The van der Waals surface area contributed by atoms with E-state index in [1.54, 1.807) is 51.3 Å². The molecule has 0 aromatic carbocycles. The summed E-state index contributed by atoms with van der Waals surface area (Å²) in [6, 6.07) is 9.38. The third-order valence-corrected chi connectivity index (χ3v) is 5.73. The molecule has 0 aliphatic heterocycles. The molecule has 0 saturated carbocycles. The molecule has 176 valence electrons. The van der Waals surface area contributed by atoms with Crippen molar-refractivity contribution >= 4 is 33.9 Å². The van der Waals surface area contributed by atoms with Crippen molar-refractivity contribution in [2.75, 3.05) is 19.4 Å². The summed E-state index contributed by atoms with van der Waals surface area (Å²) in [5.74, 6) is 0.573. The van der Waals surface area contributed by atoms with Crippen LogP contribution >= 0.6 is 0 Å². The van der Waals surface area contributed by atoms with Gasteiger partial charge < -0.3 is 15.2 Å². The summed E-state index contributed by atoms with van der Waals surface area (Å²) in [6.45, 7) is 0. The molecule has 2 amide bonds. The Labute approximate surface area is 204 Å². The lowest BCUT2D eigenvalue weighted by molar-refractivity contribution is 0.230. The second kappa shape index (κ2) is 8.55. The maximum Gasteiger partial charge on any atom is 0.321 e. The highest BCUT2D eigenvalue weighted by Crippen LogP contribution is 2.31. The lowest BCUT2D eigenvalue weighted by Gasteiger charge is -2.12. The molecule has 36 heavy (non-hydrogen) atoms. The maximum atomic E-state index is 12.0. The first-order valence-corrected chi connectivity index (χ1v) is 11.1. The van der Waals surface area contributed by atoms with Gasteiger partial charge in [-0.25, -0.2) is 19.7 Å². The summed E-state index contributed by atoms with van der Waals surface area (Å²) in [6.07, 6.45) is 10.3. The van der Waals surface area contributed by atoms with Crippen LogP contribution in [0.25, 0.3) is 56.0 Å². The van der Waals surface area contributed by atoms with Gasteiger partial charge in [0.2, 0.25) is 0 Å². The normalized spacial score (nSPS) is 11.2. The fourth-order valence-electron chi connectivity index (χ4n) is 3.92. The number of imidazole rings is 1. The van der Waals surface area contributed by atoms with Crippen LogP contribution in [0.15, 0.2) is 67.5 Å². The van der Waals surface area contributed by atoms with E-state index in [2.05, 4.69) is 40.4 Å². The van der Waals surface area contributed by atoms with E-state index >= 15 is 0 Å². The number of urea groups is 1. The van der Waals surface area contributed by atoms with Crippen molar-refractivity contribution in [3.05, 3.63) is 67.5 Å². The van der Waals surface area contributed by atoms with E-state index < -0.39 is 0 Å². The van der Waals surface area contributed by atoms with Crippen LogP contribution in [0, 0.1) is 0 Å². The van der Waals surface area contributed by atoms with Crippen molar-refractivity contribution in [1.29, 1.82) is 0 Å². The van der Waals surface area contributed by atoms with Crippen LogP contribution in [0.4, 0.5) is 10.5 Å². The number of aromatic amines is 2. The first kappa shape index (κ1) is 21.4. The first-order valence-electron chi connectivity index (χ1n) is 11.1. The molecule has 11 nitrogen and oxygen atoms in total. The number of nitrogens with one attached hydrogen (secondary N) is 3. The van der Waals surface area contributed by atoms with Gasteiger partial charge in [-0.05, 0) is 24.3 Å². The van der Waals surface area contributed by atoms with Crippen LogP contribution in [0.5, 0.6) is 0 Å². The molecule has 0 fully saturated rings. The number of H-pyrrole nitrogens is 2. The lowest BCUT2D eigenvalue weighted by atomic mass is 10.1. The molecular formula is C25H20N10O. The zero-order valence-electron chi connectivity index (χ0n) is 19.4. The van der Waals surface area contributed by atoms with E-state index in [9.17, 15) is 4.79 Å². The number of carbonyl (C=O) groups is 1. The molecule has 6 aromatic rings. The third kappa shape index (κ3) is 3.78. The van der Waals surface area contributed by atoms with Crippen LogP contribution in [-0.2, 0) is 0 Å². The quantitative estimate of drug-likeness (QED) is 0.348. The van der Waals surface area contributed by atoms with E-state index in [0.29, 0.717) is 28.5 Å². The number of rotatable bonds is 4. The first-order chi connectivity index (χ1) is 17.6. The van der Waals surface area contributed by atoms with Gasteiger partial charge in [0.15, 0.2) is 17.1 Å². The average Bonchev–Trinajstić information content (AvgIpc) is 3.53. The molecule has 0 aliphatic carbocycles. The molecule has 6 aromatic heterocycles. The SMILES string of the molecule is CN(C)C(=O)Nc1cncc(-c2cnc3[nH]nc(-c4nc5c(-c6cccnc6)ccnc5[nH]4)c3c2)c1. The number of fused-ring (bicyclic) bond motifs is 2. The van der Waals surface area contributed by atoms with Crippen LogP contribution < -0.4 is 5.32 Å². The topological polar surface area (TPSA) is 141 Å². The summed E-state index contributed by atoms with van der Waals surface area (Å²) in [4.78, 5) is 39.1. The minimum Gasteiger partial charge on any atom is -0.331 e. The summed E-state index contributed by atoms with van der Waals surface area (Å²) < 4.78 is 0. The number of amides is 2. The summed E-state index contributed by atoms with van der Waals surface area (Å²) in [5.41, 5.74) is 6.73. The minimum absolute atomic E-state index is 0.233. The molecule has 0 atom stereocenters. The molecule has 0 bridgehead atoms. The van der Waals surface area contributed by atoms with Crippen LogP contribution in [0.3, 0.4) is 0 Å². The highest BCUT2D eigenvalue weighted by Gasteiger charge is 2.17. The third-order valence-electron chi connectivity index (χ3n) is 5.73. The Bertz CT molecular complexity index is 1720. The fraction of sp³-hybridized carbons (Fsp3) is 0.0800. The van der Waals surface area contributed by atoms with Crippen molar-refractivity contribution in [2.45, 2.75) is 0 Å². The molecule has 6 heterocycles. The second-order valence-corrected chi connectivity index (χ2v) is 8.36. The smallest absolute Gasteiger partial charge is 0.321 e. The number of pyridine rings is 4. The van der Waals surface area contributed by atoms with Crippen LogP contribution in [0.2, 0.25) is 0 Å². The van der Waals surface area contributed by atoms with Gasteiger partial charge in [-0.3, -0.25) is 15.1 Å². The van der Waals surface area contributed by atoms with Crippen LogP contribution in [-0.4, -0.2) is 65.1 Å². The largest absolute Gasteiger partial charge is 0.331 e. The lowest BCUT2D eigenvalue weighted by Crippen LogP contribution is -2.27. The van der Waals surface area contributed by atoms with Crippen molar-refractivity contribution in [3.63, 3.8) is 0 Å². The van der Waals surface area contributed by atoms with E-state index in [0.717, 1.165) is 33.2 Å². The Morgan fingerprint density at radius 3 is 2.61 bits per heavy atom. The Balaban J connectivity index is 1.41. The molecule has 0 aliphatic rings. The van der Waals surface area contributed by atoms with E-state index in [-0.39, 0.29) is 6.03 Å². The van der Waals surface area contributed by atoms with Gasteiger partial charge in [0.1, 0.15) is 11.2 Å². The number of carbonyl (C=O) groups excluding carboxylic acids is 1. The highest BCUT2D eigenvalue weighted by atomic mass is 16.2. The number of nitrogens with zero attached hydrogens (tertiary/aromatic N) is 7. The molecule has 0 spiro atoms. The predicted molar refractivity (Wildman–Crippen MR) is 136 cm³/mol. The van der Waals surface area contributed by atoms with E-state index in [1.807, 2.05) is 30.3 Å². The predicted octanol–water partition coefficient (Wildman–Crippen LogP) is 4.11. The average molecular weight is 477 g/mol.